The zero-order chi connectivity index (χ0) is 24.8. The molecule has 0 amide bonds. The van der Waals surface area contributed by atoms with Crippen LogP contribution in [0, 0.1) is 0 Å². The Hall–Kier alpha value is -3.61. The van der Waals surface area contributed by atoms with Crippen LogP contribution in [0.15, 0.2) is 77.4 Å². The van der Waals surface area contributed by atoms with Gasteiger partial charge in [0.2, 0.25) is 5.90 Å². The third-order valence-electron chi connectivity index (χ3n) is 5.04. The largest absolute Gasteiger partial charge is 0.494 e. The fourth-order valence-electron chi connectivity index (χ4n) is 3.14. The van der Waals surface area contributed by atoms with E-state index in [2.05, 4.69) is 11.9 Å². The van der Waals surface area contributed by atoms with Crippen molar-refractivity contribution in [1.29, 1.82) is 0 Å². The lowest BCUT2D eigenvalue weighted by molar-refractivity contribution is -0.129. The highest BCUT2D eigenvalue weighted by atomic mass is 35.5. The van der Waals surface area contributed by atoms with Crippen molar-refractivity contribution in [1.82, 2.24) is 0 Å². The second kappa shape index (κ2) is 11.2. The van der Waals surface area contributed by atoms with Crippen LogP contribution in [0.3, 0.4) is 0 Å². The second-order valence-corrected chi connectivity index (χ2v) is 8.46. The summed E-state index contributed by atoms with van der Waals surface area (Å²) in [6.07, 6.45) is 3.65. The fraction of sp³-hybridized carbons (Fsp3) is 0.148. The van der Waals surface area contributed by atoms with Gasteiger partial charge in [0.25, 0.3) is 0 Å². The summed E-state index contributed by atoms with van der Waals surface area (Å²) in [6, 6.07) is 18.4. The number of hydrogen-bond donors (Lipinski definition) is 0. The minimum Gasteiger partial charge on any atom is -0.494 e. The minimum absolute atomic E-state index is 0.170. The molecule has 1 aliphatic rings. The van der Waals surface area contributed by atoms with Gasteiger partial charge in [-0.1, -0.05) is 48.7 Å². The number of carbonyl (C=O) groups is 2. The Bertz CT molecular complexity index is 1300. The highest BCUT2D eigenvalue weighted by molar-refractivity contribution is 6.42. The van der Waals surface area contributed by atoms with Crippen LogP contribution in [-0.2, 0) is 9.53 Å². The Labute approximate surface area is 212 Å². The van der Waals surface area contributed by atoms with E-state index in [0.717, 1.165) is 18.6 Å². The molecule has 0 saturated heterocycles. The van der Waals surface area contributed by atoms with E-state index in [-0.39, 0.29) is 22.2 Å². The van der Waals surface area contributed by atoms with Gasteiger partial charge in [-0.3, -0.25) is 0 Å². The van der Waals surface area contributed by atoms with Crippen molar-refractivity contribution in [3.05, 3.63) is 99.2 Å². The van der Waals surface area contributed by atoms with Gasteiger partial charge >= 0.3 is 11.9 Å². The first kappa shape index (κ1) is 24.5. The van der Waals surface area contributed by atoms with Crippen LogP contribution in [0.4, 0.5) is 0 Å². The average Bonchev–Trinajstić information content (AvgIpc) is 3.22. The molecule has 6 nitrogen and oxygen atoms in total. The molecule has 0 unspecified atom stereocenters. The highest BCUT2D eigenvalue weighted by Crippen LogP contribution is 2.25. The van der Waals surface area contributed by atoms with E-state index in [1.807, 2.05) is 12.1 Å². The van der Waals surface area contributed by atoms with Gasteiger partial charge in [0.05, 0.1) is 22.2 Å². The summed E-state index contributed by atoms with van der Waals surface area (Å²) in [5.41, 5.74) is 1.82. The summed E-state index contributed by atoms with van der Waals surface area (Å²) in [5.74, 6) is 0.211. The highest BCUT2D eigenvalue weighted by Gasteiger charge is 2.24. The standard InChI is InChI=1S/C27H21Cl2NO5/c1-2-3-14-33-20-11-6-18(7-12-20)25-30-24(27(32)35-25)15-17-4-9-21(10-5-17)34-26(31)19-8-13-22(28)23(29)16-19/h4-13,15-16H,2-3,14H2,1H3/b24-15-. The summed E-state index contributed by atoms with van der Waals surface area (Å²) < 4.78 is 16.3. The van der Waals surface area contributed by atoms with Crippen molar-refractivity contribution < 1.29 is 23.8 Å². The quantitative estimate of drug-likeness (QED) is 0.145. The van der Waals surface area contributed by atoms with Crippen LogP contribution >= 0.6 is 23.2 Å². The zero-order valence-corrected chi connectivity index (χ0v) is 20.3. The van der Waals surface area contributed by atoms with Crippen molar-refractivity contribution in [2.24, 2.45) is 4.99 Å². The average molecular weight is 510 g/mol. The molecule has 3 aromatic carbocycles. The van der Waals surface area contributed by atoms with E-state index in [4.69, 9.17) is 37.4 Å². The van der Waals surface area contributed by atoms with E-state index in [1.165, 1.54) is 18.2 Å². The minimum atomic E-state index is -0.565. The Balaban J connectivity index is 1.42. The van der Waals surface area contributed by atoms with Crippen LogP contribution in [0.5, 0.6) is 11.5 Å². The van der Waals surface area contributed by atoms with E-state index in [9.17, 15) is 9.59 Å². The zero-order valence-electron chi connectivity index (χ0n) is 18.8. The molecule has 0 saturated carbocycles. The summed E-state index contributed by atoms with van der Waals surface area (Å²) in [5, 5.41) is 0.619. The number of rotatable bonds is 8. The van der Waals surface area contributed by atoms with Gasteiger partial charge in [-0.05, 0) is 72.7 Å². The smallest absolute Gasteiger partial charge is 0.363 e. The summed E-state index contributed by atoms with van der Waals surface area (Å²) in [6.45, 7) is 2.76. The van der Waals surface area contributed by atoms with Crippen LogP contribution in [-0.4, -0.2) is 24.4 Å². The van der Waals surface area contributed by atoms with Gasteiger partial charge in [0.15, 0.2) is 5.70 Å². The number of hydrogen-bond acceptors (Lipinski definition) is 6. The molecule has 0 bridgehead atoms. The maximum absolute atomic E-state index is 12.3. The van der Waals surface area contributed by atoms with E-state index >= 15 is 0 Å². The monoisotopic (exact) mass is 509 g/mol. The topological polar surface area (TPSA) is 74.2 Å². The predicted molar refractivity (Wildman–Crippen MR) is 135 cm³/mol. The van der Waals surface area contributed by atoms with Crippen molar-refractivity contribution in [3.63, 3.8) is 0 Å². The summed E-state index contributed by atoms with van der Waals surface area (Å²) in [7, 11) is 0. The van der Waals surface area contributed by atoms with E-state index < -0.39 is 11.9 Å². The molecule has 0 spiro atoms. The number of nitrogens with zero attached hydrogens (tertiary/aromatic N) is 1. The molecule has 35 heavy (non-hydrogen) atoms. The normalized spacial score (nSPS) is 14.0. The van der Waals surface area contributed by atoms with Crippen molar-refractivity contribution in [3.8, 4) is 11.5 Å². The van der Waals surface area contributed by atoms with Crippen molar-refractivity contribution in [2.75, 3.05) is 6.61 Å². The summed E-state index contributed by atoms with van der Waals surface area (Å²) in [4.78, 5) is 28.9. The maximum Gasteiger partial charge on any atom is 0.363 e. The predicted octanol–water partition coefficient (Wildman–Crippen LogP) is 6.74. The lowest BCUT2D eigenvalue weighted by Crippen LogP contribution is -2.08. The third kappa shape index (κ3) is 6.29. The number of aliphatic imine (C=N–C) groups is 1. The third-order valence-corrected chi connectivity index (χ3v) is 5.78. The molecule has 178 valence electrons. The SMILES string of the molecule is CCCCOc1ccc(C2=N/C(=C\c3ccc(OC(=O)c4ccc(Cl)c(Cl)c4)cc3)C(=O)O2)cc1. The van der Waals surface area contributed by atoms with Crippen LogP contribution in [0.2, 0.25) is 10.0 Å². The number of carbonyl (C=O) groups excluding carboxylic acids is 2. The number of benzene rings is 3. The Morgan fingerprint density at radius 3 is 2.37 bits per heavy atom. The number of esters is 2. The van der Waals surface area contributed by atoms with Crippen LogP contribution < -0.4 is 9.47 Å². The van der Waals surface area contributed by atoms with Gasteiger partial charge in [0, 0.05) is 5.56 Å². The van der Waals surface area contributed by atoms with E-state index in [0.29, 0.717) is 28.5 Å². The van der Waals surface area contributed by atoms with Gasteiger partial charge in [0.1, 0.15) is 11.5 Å². The fourth-order valence-corrected chi connectivity index (χ4v) is 3.44. The van der Waals surface area contributed by atoms with Gasteiger partial charge in [-0.2, -0.15) is 0 Å². The molecule has 0 N–H and O–H groups in total. The molecular weight excluding hydrogens is 489 g/mol. The molecule has 1 heterocycles. The van der Waals surface area contributed by atoms with Crippen LogP contribution in [0.1, 0.15) is 41.3 Å². The molecule has 0 aromatic heterocycles. The molecule has 1 aliphatic heterocycles. The second-order valence-electron chi connectivity index (χ2n) is 7.65. The molecule has 4 rings (SSSR count). The number of halogens is 2. The molecule has 0 aliphatic carbocycles. The van der Waals surface area contributed by atoms with Crippen molar-refractivity contribution in [2.45, 2.75) is 19.8 Å². The molecular formula is C27H21Cl2NO5. The van der Waals surface area contributed by atoms with E-state index in [1.54, 1.807) is 42.5 Å². The lowest BCUT2D eigenvalue weighted by Gasteiger charge is -2.05. The molecule has 8 heteroatoms. The van der Waals surface area contributed by atoms with Crippen molar-refractivity contribution >= 4 is 47.1 Å². The lowest BCUT2D eigenvalue weighted by atomic mass is 10.2. The first-order valence-corrected chi connectivity index (χ1v) is 11.7. The van der Waals surface area contributed by atoms with Crippen LogP contribution in [0.25, 0.3) is 6.08 Å². The molecule has 0 radical (unpaired) electrons. The number of cyclic esters (lactones) is 1. The first-order chi connectivity index (χ1) is 16.9. The molecule has 3 aromatic rings. The Morgan fingerprint density at radius 1 is 0.971 bits per heavy atom. The number of unbranched alkanes of at least 4 members (excludes halogenated alkanes) is 1. The Kier molecular flexibility index (Phi) is 7.85. The van der Waals surface area contributed by atoms with Gasteiger partial charge < -0.3 is 14.2 Å². The summed E-state index contributed by atoms with van der Waals surface area (Å²) >= 11 is 11.8. The molecule has 0 fully saturated rings. The number of ether oxygens (including phenoxy) is 3. The van der Waals surface area contributed by atoms with Gasteiger partial charge in [-0.15, -0.1) is 0 Å². The maximum atomic E-state index is 12.3. The van der Waals surface area contributed by atoms with Gasteiger partial charge in [-0.25, -0.2) is 14.6 Å². The first-order valence-electron chi connectivity index (χ1n) is 11.0. The Morgan fingerprint density at radius 2 is 1.69 bits per heavy atom. The molecule has 0 atom stereocenters.